The normalized spacial score (nSPS) is 26.6. The van der Waals surface area contributed by atoms with E-state index in [0.29, 0.717) is 23.5 Å². The molecule has 1 aliphatic rings. The summed E-state index contributed by atoms with van der Waals surface area (Å²) in [6, 6.07) is 10.2. The molecule has 0 spiro atoms. The molecule has 2 heterocycles. The van der Waals surface area contributed by atoms with Crippen molar-refractivity contribution in [1.29, 1.82) is 0 Å². The molecule has 1 saturated heterocycles. The number of fused-ring (bicyclic) bond motifs is 1. The van der Waals surface area contributed by atoms with E-state index in [2.05, 4.69) is 35.8 Å². The van der Waals surface area contributed by atoms with Crippen molar-refractivity contribution in [2.75, 3.05) is 0 Å². The highest BCUT2D eigenvalue weighted by Crippen LogP contribution is 2.23. The van der Waals surface area contributed by atoms with Gasteiger partial charge in [-0.05, 0) is 32.1 Å². The second kappa shape index (κ2) is 5.23. The maximum atomic E-state index is 9.85. The fourth-order valence-electron chi connectivity index (χ4n) is 2.67. The van der Waals surface area contributed by atoms with E-state index in [1.54, 1.807) is 6.07 Å². The zero-order chi connectivity index (χ0) is 14.1. The maximum absolute atomic E-state index is 9.85. The molecular formula is C16H19N3O. The Labute approximate surface area is 118 Å². The lowest BCUT2D eigenvalue weighted by Crippen LogP contribution is -2.30. The van der Waals surface area contributed by atoms with Gasteiger partial charge in [0.25, 0.3) is 0 Å². The predicted molar refractivity (Wildman–Crippen MR) is 81.1 cm³/mol. The molecule has 4 heteroatoms. The summed E-state index contributed by atoms with van der Waals surface area (Å²) >= 11 is 0. The predicted octanol–water partition coefficient (Wildman–Crippen LogP) is 2.45. The number of aromatic hydroxyl groups is 1. The van der Waals surface area contributed by atoms with Crippen LogP contribution < -0.4 is 10.9 Å². The molecular weight excluding hydrogens is 250 g/mol. The quantitative estimate of drug-likeness (QED) is 0.784. The summed E-state index contributed by atoms with van der Waals surface area (Å²) in [5.74, 6) is 0.653. The van der Waals surface area contributed by atoms with Gasteiger partial charge in [-0.1, -0.05) is 24.3 Å². The third-order valence-corrected chi connectivity index (χ3v) is 3.90. The van der Waals surface area contributed by atoms with Gasteiger partial charge in [0, 0.05) is 23.4 Å². The molecule has 20 heavy (non-hydrogen) atoms. The SMILES string of the molecule is CC1NNC(C)C1/C=C/c1ccc2cccc(O)c2n1. The molecule has 1 aromatic carbocycles. The highest BCUT2D eigenvalue weighted by atomic mass is 16.3. The van der Waals surface area contributed by atoms with Gasteiger partial charge in [-0.3, -0.25) is 10.9 Å². The van der Waals surface area contributed by atoms with Gasteiger partial charge in [-0.25, -0.2) is 4.98 Å². The van der Waals surface area contributed by atoms with Crippen LogP contribution in [0, 0.1) is 5.92 Å². The smallest absolute Gasteiger partial charge is 0.141 e. The Bertz CT molecular complexity index is 643. The number of nitrogens with one attached hydrogen (secondary N) is 2. The van der Waals surface area contributed by atoms with Crippen molar-refractivity contribution in [3.63, 3.8) is 0 Å². The van der Waals surface area contributed by atoms with Gasteiger partial charge in [0.1, 0.15) is 11.3 Å². The van der Waals surface area contributed by atoms with Crippen molar-refractivity contribution in [2.45, 2.75) is 25.9 Å². The summed E-state index contributed by atoms with van der Waals surface area (Å²) < 4.78 is 0. The van der Waals surface area contributed by atoms with E-state index in [4.69, 9.17) is 0 Å². The molecule has 104 valence electrons. The number of nitrogens with zero attached hydrogens (tertiary/aromatic N) is 1. The molecule has 4 nitrogen and oxygen atoms in total. The van der Waals surface area contributed by atoms with E-state index >= 15 is 0 Å². The molecule has 1 fully saturated rings. The lowest BCUT2D eigenvalue weighted by Gasteiger charge is -2.12. The monoisotopic (exact) mass is 269 g/mol. The van der Waals surface area contributed by atoms with Crippen LogP contribution in [-0.4, -0.2) is 22.2 Å². The molecule has 2 atom stereocenters. The Morgan fingerprint density at radius 3 is 2.60 bits per heavy atom. The summed E-state index contributed by atoms with van der Waals surface area (Å²) in [7, 11) is 0. The van der Waals surface area contributed by atoms with Crippen molar-refractivity contribution >= 4 is 17.0 Å². The molecule has 3 rings (SSSR count). The van der Waals surface area contributed by atoms with Crippen LogP contribution >= 0.6 is 0 Å². The van der Waals surface area contributed by atoms with Crippen LogP contribution in [0.4, 0.5) is 0 Å². The maximum Gasteiger partial charge on any atom is 0.141 e. The van der Waals surface area contributed by atoms with Crippen molar-refractivity contribution in [1.82, 2.24) is 15.8 Å². The average molecular weight is 269 g/mol. The second-order valence-electron chi connectivity index (χ2n) is 5.39. The Hall–Kier alpha value is -1.91. The third kappa shape index (κ3) is 2.40. The number of hydrogen-bond acceptors (Lipinski definition) is 4. The van der Waals surface area contributed by atoms with Crippen LogP contribution in [0.25, 0.3) is 17.0 Å². The molecule has 0 aliphatic carbocycles. The van der Waals surface area contributed by atoms with Gasteiger partial charge in [0.05, 0.1) is 5.69 Å². The molecule has 0 amide bonds. The van der Waals surface area contributed by atoms with E-state index in [9.17, 15) is 5.11 Å². The van der Waals surface area contributed by atoms with Gasteiger partial charge in [0.2, 0.25) is 0 Å². The van der Waals surface area contributed by atoms with Gasteiger partial charge < -0.3 is 5.11 Å². The van der Waals surface area contributed by atoms with Crippen LogP contribution in [-0.2, 0) is 0 Å². The van der Waals surface area contributed by atoms with Crippen molar-refractivity contribution < 1.29 is 5.11 Å². The Kier molecular flexibility index (Phi) is 3.42. The lowest BCUT2D eigenvalue weighted by molar-refractivity contribution is 0.480. The average Bonchev–Trinajstić information content (AvgIpc) is 2.76. The molecule has 2 aromatic rings. The summed E-state index contributed by atoms with van der Waals surface area (Å²) in [5.41, 5.74) is 7.98. The van der Waals surface area contributed by atoms with Crippen molar-refractivity contribution in [2.24, 2.45) is 5.92 Å². The molecule has 3 N–H and O–H groups in total. The lowest BCUT2D eigenvalue weighted by atomic mass is 9.96. The highest BCUT2D eigenvalue weighted by molar-refractivity contribution is 5.85. The Morgan fingerprint density at radius 1 is 1.10 bits per heavy atom. The van der Waals surface area contributed by atoms with Gasteiger partial charge in [-0.15, -0.1) is 0 Å². The summed E-state index contributed by atoms with van der Waals surface area (Å²) in [6.45, 7) is 4.32. The molecule has 0 bridgehead atoms. The van der Waals surface area contributed by atoms with Crippen LogP contribution in [0.3, 0.4) is 0 Å². The van der Waals surface area contributed by atoms with E-state index < -0.39 is 0 Å². The fourth-order valence-corrected chi connectivity index (χ4v) is 2.67. The van der Waals surface area contributed by atoms with Crippen LogP contribution in [0.2, 0.25) is 0 Å². The number of aromatic nitrogens is 1. The first kappa shape index (κ1) is 13.1. The summed E-state index contributed by atoms with van der Waals surface area (Å²) in [4.78, 5) is 4.51. The highest BCUT2D eigenvalue weighted by Gasteiger charge is 2.27. The van der Waals surface area contributed by atoms with Crippen molar-refractivity contribution in [3.05, 3.63) is 42.1 Å². The number of hydrazine groups is 1. The Balaban J connectivity index is 1.89. The van der Waals surface area contributed by atoms with Crippen LogP contribution in [0.15, 0.2) is 36.4 Å². The fraction of sp³-hybridized carbons (Fsp3) is 0.312. The first-order chi connectivity index (χ1) is 9.65. The number of pyridine rings is 1. The zero-order valence-corrected chi connectivity index (χ0v) is 11.7. The molecule has 0 radical (unpaired) electrons. The number of rotatable bonds is 2. The van der Waals surface area contributed by atoms with E-state index in [1.165, 1.54) is 0 Å². The Morgan fingerprint density at radius 2 is 1.85 bits per heavy atom. The first-order valence-electron chi connectivity index (χ1n) is 6.93. The van der Waals surface area contributed by atoms with E-state index in [0.717, 1.165) is 11.1 Å². The van der Waals surface area contributed by atoms with Crippen LogP contribution in [0.5, 0.6) is 5.75 Å². The minimum absolute atomic E-state index is 0.226. The van der Waals surface area contributed by atoms with E-state index in [1.807, 2.05) is 30.3 Å². The topological polar surface area (TPSA) is 57.2 Å². The molecule has 2 unspecified atom stereocenters. The largest absolute Gasteiger partial charge is 0.506 e. The number of phenolic OH excluding ortho intramolecular Hbond substituents is 1. The number of phenols is 1. The van der Waals surface area contributed by atoms with Gasteiger partial charge >= 0.3 is 0 Å². The molecule has 1 aliphatic heterocycles. The number of para-hydroxylation sites is 1. The van der Waals surface area contributed by atoms with Crippen molar-refractivity contribution in [3.8, 4) is 5.75 Å². The molecule has 1 aromatic heterocycles. The van der Waals surface area contributed by atoms with Gasteiger partial charge in [-0.2, -0.15) is 0 Å². The van der Waals surface area contributed by atoms with Crippen LogP contribution in [0.1, 0.15) is 19.5 Å². The second-order valence-corrected chi connectivity index (χ2v) is 5.39. The summed E-state index contributed by atoms with van der Waals surface area (Å²) in [5, 5.41) is 10.8. The first-order valence-corrected chi connectivity index (χ1v) is 6.93. The minimum atomic E-state index is 0.226. The number of hydrogen-bond donors (Lipinski definition) is 3. The van der Waals surface area contributed by atoms with Gasteiger partial charge in [0.15, 0.2) is 0 Å². The minimum Gasteiger partial charge on any atom is -0.506 e. The molecule has 0 saturated carbocycles. The van der Waals surface area contributed by atoms with E-state index in [-0.39, 0.29) is 5.75 Å². The third-order valence-electron chi connectivity index (χ3n) is 3.90. The number of benzene rings is 1. The standard InChI is InChI=1S/C16H19N3O/c1-10-14(11(2)19-18-10)9-8-13-7-6-12-4-3-5-15(20)16(12)17-13/h3-11,14,18-20H,1-2H3/b9-8+. The summed E-state index contributed by atoms with van der Waals surface area (Å²) in [6.07, 6.45) is 4.20. The zero-order valence-electron chi connectivity index (χ0n) is 11.7.